The molecule has 0 N–H and O–H groups in total. The summed E-state index contributed by atoms with van der Waals surface area (Å²) in [5.74, 6) is -0.370. The average Bonchev–Trinajstić information content (AvgIpc) is 2.70. The number of carbonyl (C=O) groups excluding carboxylic acids is 1. The molecule has 1 aromatic heterocycles. The summed E-state index contributed by atoms with van der Waals surface area (Å²) < 4.78 is 14.9. The van der Waals surface area contributed by atoms with Crippen LogP contribution in [-0.2, 0) is 13.5 Å². The van der Waals surface area contributed by atoms with Gasteiger partial charge in [-0.15, -0.1) is 0 Å². The van der Waals surface area contributed by atoms with E-state index in [-0.39, 0.29) is 18.0 Å². The van der Waals surface area contributed by atoms with Crippen LogP contribution in [0, 0.1) is 5.82 Å². The summed E-state index contributed by atoms with van der Waals surface area (Å²) in [6.07, 6.45) is 1.81. The summed E-state index contributed by atoms with van der Waals surface area (Å²) in [6.45, 7) is 0. The number of hydrogen-bond donors (Lipinski definition) is 0. The highest BCUT2D eigenvalue weighted by atomic mass is 79.9. The number of aromatic nitrogens is 2. The lowest BCUT2D eigenvalue weighted by Crippen LogP contribution is -2.09. The molecule has 0 spiro atoms. The molecule has 3 nitrogen and oxygen atoms in total. The SMILES string of the molecule is Cn1nccc1C(=O)Cc1ccc(F)c(Br)c1. The molecule has 0 aliphatic heterocycles. The fraction of sp³-hybridized carbons (Fsp3) is 0.167. The van der Waals surface area contributed by atoms with Crippen LogP contribution in [0.1, 0.15) is 16.1 Å². The molecule has 0 atom stereocenters. The molecule has 2 rings (SSSR count). The van der Waals surface area contributed by atoms with Crippen molar-refractivity contribution < 1.29 is 9.18 Å². The van der Waals surface area contributed by atoms with Crippen LogP contribution in [0.25, 0.3) is 0 Å². The highest BCUT2D eigenvalue weighted by molar-refractivity contribution is 9.10. The molecule has 0 aliphatic carbocycles. The summed E-state index contributed by atoms with van der Waals surface area (Å²) in [5, 5.41) is 3.94. The number of hydrogen-bond acceptors (Lipinski definition) is 2. The van der Waals surface area contributed by atoms with Crippen molar-refractivity contribution in [3.05, 3.63) is 52.0 Å². The zero-order valence-corrected chi connectivity index (χ0v) is 10.7. The monoisotopic (exact) mass is 296 g/mol. The minimum Gasteiger partial charge on any atom is -0.292 e. The standard InChI is InChI=1S/C12H10BrFN2O/c1-16-11(4-5-15-16)12(17)7-8-2-3-10(14)9(13)6-8/h2-6H,7H2,1H3. The van der Waals surface area contributed by atoms with Crippen LogP contribution in [-0.4, -0.2) is 15.6 Å². The molecule has 17 heavy (non-hydrogen) atoms. The van der Waals surface area contributed by atoms with Crippen molar-refractivity contribution in [3.8, 4) is 0 Å². The first-order chi connectivity index (χ1) is 8.08. The Bertz CT molecular complexity index is 565. The van der Waals surface area contributed by atoms with Gasteiger partial charge in [-0.25, -0.2) is 4.39 Å². The molecular weight excluding hydrogens is 287 g/mol. The molecule has 1 heterocycles. The van der Waals surface area contributed by atoms with Gasteiger partial charge in [-0.3, -0.25) is 9.48 Å². The average molecular weight is 297 g/mol. The van der Waals surface area contributed by atoms with E-state index in [1.54, 1.807) is 31.4 Å². The van der Waals surface area contributed by atoms with Gasteiger partial charge in [0.05, 0.1) is 4.47 Å². The molecule has 1 aromatic carbocycles. The van der Waals surface area contributed by atoms with Crippen LogP contribution < -0.4 is 0 Å². The van der Waals surface area contributed by atoms with Crippen LogP contribution >= 0.6 is 15.9 Å². The zero-order chi connectivity index (χ0) is 12.4. The van der Waals surface area contributed by atoms with E-state index >= 15 is 0 Å². The first kappa shape index (κ1) is 12.0. The van der Waals surface area contributed by atoms with Gasteiger partial charge in [0, 0.05) is 19.7 Å². The third-order valence-corrected chi connectivity index (χ3v) is 3.06. The quantitative estimate of drug-likeness (QED) is 0.817. The van der Waals surface area contributed by atoms with Crippen molar-refractivity contribution in [1.29, 1.82) is 0 Å². The van der Waals surface area contributed by atoms with E-state index in [0.717, 1.165) is 5.56 Å². The second-order valence-electron chi connectivity index (χ2n) is 3.69. The summed E-state index contributed by atoms with van der Waals surface area (Å²) in [4.78, 5) is 11.9. The molecule has 0 amide bonds. The van der Waals surface area contributed by atoms with E-state index in [1.165, 1.54) is 10.7 Å². The maximum Gasteiger partial charge on any atom is 0.185 e. The van der Waals surface area contributed by atoms with Gasteiger partial charge in [-0.05, 0) is 39.7 Å². The summed E-state index contributed by atoms with van der Waals surface area (Å²) in [5.41, 5.74) is 1.31. The summed E-state index contributed by atoms with van der Waals surface area (Å²) in [7, 11) is 1.72. The number of Topliss-reactive ketones (excluding diaryl/α,β-unsaturated/α-hetero) is 1. The van der Waals surface area contributed by atoms with Crippen molar-refractivity contribution in [3.63, 3.8) is 0 Å². The molecule has 2 aromatic rings. The second-order valence-corrected chi connectivity index (χ2v) is 4.54. The Morgan fingerprint density at radius 3 is 2.82 bits per heavy atom. The van der Waals surface area contributed by atoms with Gasteiger partial charge in [0.2, 0.25) is 0 Å². The van der Waals surface area contributed by atoms with Crippen LogP contribution in [0.5, 0.6) is 0 Å². The number of rotatable bonds is 3. The molecule has 0 fully saturated rings. The van der Waals surface area contributed by atoms with Crippen molar-refractivity contribution in [2.75, 3.05) is 0 Å². The maximum absolute atomic E-state index is 13.0. The van der Waals surface area contributed by atoms with Gasteiger partial charge >= 0.3 is 0 Å². The number of halogens is 2. The van der Waals surface area contributed by atoms with Crippen LogP contribution in [0.3, 0.4) is 0 Å². The lowest BCUT2D eigenvalue weighted by Gasteiger charge is -2.03. The topological polar surface area (TPSA) is 34.9 Å². The van der Waals surface area contributed by atoms with Crippen molar-refractivity contribution in [1.82, 2.24) is 9.78 Å². The zero-order valence-electron chi connectivity index (χ0n) is 9.15. The Morgan fingerprint density at radius 2 is 2.24 bits per heavy atom. The largest absolute Gasteiger partial charge is 0.292 e. The molecule has 0 aliphatic rings. The van der Waals surface area contributed by atoms with Crippen molar-refractivity contribution >= 4 is 21.7 Å². The molecule has 88 valence electrons. The number of aryl methyl sites for hydroxylation is 1. The Kier molecular flexibility index (Phi) is 3.38. The Balaban J connectivity index is 2.19. The molecule has 0 radical (unpaired) electrons. The highest BCUT2D eigenvalue weighted by Gasteiger charge is 2.11. The van der Waals surface area contributed by atoms with E-state index in [0.29, 0.717) is 10.2 Å². The van der Waals surface area contributed by atoms with Crippen molar-refractivity contribution in [2.24, 2.45) is 7.05 Å². The lowest BCUT2D eigenvalue weighted by atomic mass is 10.1. The van der Waals surface area contributed by atoms with Gasteiger partial charge in [0.25, 0.3) is 0 Å². The molecule has 5 heteroatoms. The minimum absolute atomic E-state index is 0.0384. The lowest BCUT2D eigenvalue weighted by molar-refractivity contribution is 0.0984. The number of ketones is 1. The van der Waals surface area contributed by atoms with E-state index in [4.69, 9.17) is 0 Å². The Morgan fingerprint density at radius 1 is 1.47 bits per heavy atom. The Labute approximate surface area is 106 Å². The predicted octanol–water partition coefficient (Wildman–Crippen LogP) is 2.75. The molecular formula is C12H10BrFN2O. The number of nitrogens with zero attached hydrogens (tertiary/aromatic N) is 2. The fourth-order valence-corrected chi connectivity index (χ4v) is 2.00. The van der Waals surface area contributed by atoms with E-state index in [1.807, 2.05) is 0 Å². The predicted molar refractivity (Wildman–Crippen MR) is 65.3 cm³/mol. The van der Waals surface area contributed by atoms with Crippen molar-refractivity contribution in [2.45, 2.75) is 6.42 Å². The van der Waals surface area contributed by atoms with Crippen LogP contribution in [0.2, 0.25) is 0 Å². The van der Waals surface area contributed by atoms with Gasteiger partial charge in [0.1, 0.15) is 11.5 Å². The molecule has 0 saturated carbocycles. The van der Waals surface area contributed by atoms with Gasteiger partial charge in [-0.2, -0.15) is 5.10 Å². The van der Waals surface area contributed by atoms with Crippen LogP contribution in [0.15, 0.2) is 34.9 Å². The third-order valence-electron chi connectivity index (χ3n) is 2.46. The highest BCUT2D eigenvalue weighted by Crippen LogP contribution is 2.18. The van der Waals surface area contributed by atoms with Gasteiger partial charge in [-0.1, -0.05) is 6.07 Å². The molecule has 0 bridgehead atoms. The van der Waals surface area contributed by atoms with E-state index < -0.39 is 0 Å². The smallest absolute Gasteiger partial charge is 0.185 e. The van der Waals surface area contributed by atoms with Crippen LogP contribution in [0.4, 0.5) is 4.39 Å². The molecule has 0 saturated heterocycles. The van der Waals surface area contributed by atoms with Gasteiger partial charge < -0.3 is 0 Å². The van der Waals surface area contributed by atoms with Gasteiger partial charge in [0.15, 0.2) is 5.78 Å². The second kappa shape index (κ2) is 4.79. The number of carbonyl (C=O) groups is 1. The first-order valence-electron chi connectivity index (χ1n) is 5.03. The summed E-state index contributed by atoms with van der Waals surface area (Å²) in [6, 6.07) is 6.23. The third kappa shape index (κ3) is 2.61. The maximum atomic E-state index is 13.0. The Hall–Kier alpha value is -1.49. The van der Waals surface area contributed by atoms with E-state index in [2.05, 4.69) is 21.0 Å². The number of benzene rings is 1. The van der Waals surface area contributed by atoms with E-state index in [9.17, 15) is 9.18 Å². The molecule has 0 unspecified atom stereocenters. The fourth-order valence-electron chi connectivity index (χ4n) is 1.57. The summed E-state index contributed by atoms with van der Waals surface area (Å²) >= 11 is 3.10. The minimum atomic E-state index is -0.332. The normalized spacial score (nSPS) is 10.5. The first-order valence-corrected chi connectivity index (χ1v) is 5.82.